The van der Waals surface area contributed by atoms with Crippen LogP contribution in [0, 0.1) is 11.8 Å². The maximum atomic E-state index is 6.01. The van der Waals surface area contributed by atoms with Crippen LogP contribution in [0.4, 0.5) is 0 Å². The minimum absolute atomic E-state index is 0.502. The van der Waals surface area contributed by atoms with Gasteiger partial charge in [0.25, 0.3) is 0 Å². The van der Waals surface area contributed by atoms with Crippen LogP contribution in [0.1, 0.15) is 38.2 Å². The molecule has 0 amide bonds. The van der Waals surface area contributed by atoms with Crippen LogP contribution in [0.25, 0.3) is 0 Å². The Bertz CT molecular complexity index is 336. The molecule has 1 aromatic heterocycles. The highest BCUT2D eigenvalue weighted by Crippen LogP contribution is 2.32. The summed E-state index contributed by atoms with van der Waals surface area (Å²) in [6.45, 7) is 4.06. The molecular formula is C15H26N2O. The second-order valence-corrected chi connectivity index (χ2v) is 5.88. The van der Waals surface area contributed by atoms with Crippen molar-refractivity contribution >= 4 is 0 Å². The second kappa shape index (κ2) is 6.39. The van der Waals surface area contributed by atoms with Gasteiger partial charge in [0.2, 0.25) is 0 Å². The van der Waals surface area contributed by atoms with Gasteiger partial charge in [0.15, 0.2) is 0 Å². The van der Waals surface area contributed by atoms with Gasteiger partial charge in [0.1, 0.15) is 0 Å². The summed E-state index contributed by atoms with van der Waals surface area (Å²) >= 11 is 0. The van der Waals surface area contributed by atoms with Gasteiger partial charge in [0, 0.05) is 24.7 Å². The zero-order chi connectivity index (χ0) is 13.0. The minimum atomic E-state index is 0.502. The maximum absolute atomic E-state index is 6.01. The maximum Gasteiger partial charge on any atom is 0.0947 e. The van der Waals surface area contributed by atoms with Gasteiger partial charge in [-0.15, -0.1) is 0 Å². The highest BCUT2D eigenvalue weighted by molar-refractivity contribution is 5.05. The van der Waals surface area contributed by atoms with Crippen molar-refractivity contribution in [3.05, 3.63) is 24.2 Å². The lowest BCUT2D eigenvalue weighted by Crippen LogP contribution is -2.44. The second-order valence-electron chi connectivity index (χ2n) is 5.88. The predicted octanol–water partition coefficient (Wildman–Crippen LogP) is 2.87. The summed E-state index contributed by atoms with van der Waals surface area (Å²) in [6, 6.07) is 2.54. The quantitative estimate of drug-likeness (QED) is 0.873. The number of nitrogens with two attached hydrogens (primary N) is 1. The van der Waals surface area contributed by atoms with Gasteiger partial charge in [0.05, 0.1) is 12.5 Å². The van der Waals surface area contributed by atoms with Crippen LogP contribution >= 0.6 is 0 Å². The molecule has 1 fully saturated rings. The molecule has 1 aromatic rings. The van der Waals surface area contributed by atoms with E-state index in [4.69, 9.17) is 10.2 Å². The van der Waals surface area contributed by atoms with Crippen molar-refractivity contribution < 1.29 is 4.42 Å². The standard InChI is InChI=1S/C15H26N2O/c1-12-4-3-5-14(8-12)15(9-16)17(2)10-13-6-7-18-11-13/h6-7,11-12,14-15H,3-5,8-10,16H2,1-2H3. The van der Waals surface area contributed by atoms with Crippen LogP contribution in [-0.4, -0.2) is 24.5 Å². The Morgan fingerprint density at radius 3 is 2.94 bits per heavy atom. The van der Waals surface area contributed by atoms with Gasteiger partial charge in [-0.05, 0) is 37.8 Å². The monoisotopic (exact) mass is 250 g/mol. The van der Waals surface area contributed by atoms with Crippen molar-refractivity contribution in [1.82, 2.24) is 4.90 Å². The van der Waals surface area contributed by atoms with Crippen LogP contribution in [0.5, 0.6) is 0 Å². The molecule has 3 unspecified atom stereocenters. The first-order chi connectivity index (χ1) is 8.70. The summed E-state index contributed by atoms with van der Waals surface area (Å²) in [5.74, 6) is 1.62. The van der Waals surface area contributed by atoms with E-state index in [1.54, 1.807) is 6.26 Å². The van der Waals surface area contributed by atoms with Crippen molar-refractivity contribution in [2.75, 3.05) is 13.6 Å². The summed E-state index contributed by atoms with van der Waals surface area (Å²) in [7, 11) is 2.18. The van der Waals surface area contributed by atoms with Crippen molar-refractivity contribution in [3.63, 3.8) is 0 Å². The van der Waals surface area contributed by atoms with Crippen molar-refractivity contribution in [2.45, 2.75) is 45.2 Å². The predicted molar refractivity (Wildman–Crippen MR) is 74.1 cm³/mol. The normalized spacial score (nSPS) is 26.4. The van der Waals surface area contributed by atoms with E-state index in [1.807, 2.05) is 12.3 Å². The van der Waals surface area contributed by atoms with Crippen LogP contribution in [-0.2, 0) is 6.54 Å². The highest BCUT2D eigenvalue weighted by Gasteiger charge is 2.28. The first-order valence-electron chi connectivity index (χ1n) is 7.12. The third-order valence-electron chi connectivity index (χ3n) is 4.34. The van der Waals surface area contributed by atoms with E-state index in [9.17, 15) is 0 Å². The van der Waals surface area contributed by atoms with Crippen molar-refractivity contribution in [3.8, 4) is 0 Å². The molecule has 0 saturated heterocycles. The number of nitrogens with zero attached hydrogens (tertiary/aromatic N) is 1. The molecule has 2 N–H and O–H groups in total. The van der Waals surface area contributed by atoms with Crippen LogP contribution in [0.2, 0.25) is 0 Å². The van der Waals surface area contributed by atoms with Gasteiger partial charge >= 0.3 is 0 Å². The summed E-state index contributed by atoms with van der Waals surface area (Å²) in [5, 5.41) is 0. The lowest BCUT2D eigenvalue weighted by molar-refractivity contribution is 0.125. The molecule has 102 valence electrons. The Morgan fingerprint density at radius 2 is 2.33 bits per heavy atom. The SMILES string of the molecule is CC1CCCC(C(CN)N(C)Cc2ccoc2)C1. The summed E-state index contributed by atoms with van der Waals surface area (Å²) < 4.78 is 5.13. The van der Waals surface area contributed by atoms with Crippen molar-refractivity contribution in [2.24, 2.45) is 17.6 Å². The van der Waals surface area contributed by atoms with Gasteiger partial charge in [-0.3, -0.25) is 4.90 Å². The van der Waals surface area contributed by atoms with E-state index in [2.05, 4.69) is 18.9 Å². The molecule has 1 aliphatic rings. The average molecular weight is 250 g/mol. The summed E-state index contributed by atoms with van der Waals surface area (Å²) in [6.07, 6.45) is 8.98. The van der Waals surface area contributed by atoms with E-state index in [1.165, 1.54) is 31.2 Å². The molecule has 0 radical (unpaired) electrons. The van der Waals surface area contributed by atoms with Gasteiger partial charge in [-0.2, -0.15) is 0 Å². The Balaban J connectivity index is 1.94. The largest absolute Gasteiger partial charge is 0.472 e. The van der Waals surface area contributed by atoms with Crippen molar-refractivity contribution in [1.29, 1.82) is 0 Å². The molecule has 3 atom stereocenters. The van der Waals surface area contributed by atoms with Crippen LogP contribution in [0.15, 0.2) is 23.0 Å². The first kappa shape index (κ1) is 13.6. The van der Waals surface area contributed by atoms with Crippen LogP contribution < -0.4 is 5.73 Å². The molecule has 0 bridgehead atoms. The topological polar surface area (TPSA) is 42.4 Å². The third-order valence-corrected chi connectivity index (χ3v) is 4.34. The Kier molecular flexibility index (Phi) is 4.84. The van der Waals surface area contributed by atoms with E-state index >= 15 is 0 Å². The van der Waals surface area contributed by atoms with Gasteiger partial charge in [-0.1, -0.05) is 19.8 Å². The minimum Gasteiger partial charge on any atom is -0.472 e. The number of hydrogen-bond acceptors (Lipinski definition) is 3. The number of furan rings is 1. The molecule has 3 nitrogen and oxygen atoms in total. The number of likely N-dealkylation sites (N-methyl/N-ethyl adjacent to an activating group) is 1. The Hall–Kier alpha value is -0.800. The van der Waals surface area contributed by atoms with E-state index in [0.717, 1.165) is 24.9 Å². The molecule has 1 heterocycles. The van der Waals surface area contributed by atoms with E-state index in [-0.39, 0.29) is 0 Å². The molecule has 1 saturated carbocycles. The van der Waals surface area contributed by atoms with Gasteiger partial charge in [-0.25, -0.2) is 0 Å². The molecule has 0 aromatic carbocycles. The van der Waals surface area contributed by atoms with Gasteiger partial charge < -0.3 is 10.2 Å². The molecule has 3 heteroatoms. The molecular weight excluding hydrogens is 224 g/mol. The first-order valence-corrected chi connectivity index (χ1v) is 7.12. The highest BCUT2D eigenvalue weighted by atomic mass is 16.3. The molecule has 0 aliphatic heterocycles. The molecule has 2 rings (SSSR count). The lowest BCUT2D eigenvalue weighted by atomic mass is 9.78. The Morgan fingerprint density at radius 1 is 1.50 bits per heavy atom. The molecule has 1 aliphatic carbocycles. The third kappa shape index (κ3) is 3.36. The molecule has 18 heavy (non-hydrogen) atoms. The molecule has 0 spiro atoms. The van der Waals surface area contributed by atoms with E-state index in [0.29, 0.717) is 6.04 Å². The smallest absolute Gasteiger partial charge is 0.0947 e. The van der Waals surface area contributed by atoms with E-state index < -0.39 is 0 Å². The zero-order valence-electron chi connectivity index (χ0n) is 11.6. The lowest BCUT2D eigenvalue weighted by Gasteiger charge is -2.37. The zero-order valence-corrected chi connectivity index (χ0v) is 11.6. The average Bonchev–Trinajstić information content (AvgIpc) is 2.83. The fourth-order valence-corrected chi connectivity index (χ4v) is 3.35. The van der Waals surface area contributed by atoms with Crippen LogP contribution in [0.3, 0.4) is 0 Å². The number of rotatable bonds is 5. The fourth-order valence-electron chi connectivity index (χ4n) is 3.35. The summed E-state index contributed by atoms with van der Waals surface area (Å²) in [4.78, 5) is 2.40. The fraction of sp³-hybridized carbons (Fsp3) is 0.733. The summed E-state index contributed by atoms with van der Waals surface area (Å²) in [5.41, 5.74) is 7.25. The Labute approximate surface area is 110 Å². The number of hydrogen-bond donors (Lipinski definition) is 1.